The van der Waals surface area contributed by atoms with Crippen LogP contribution in [0.15, 0.2) is 63.5 Å². The summed E-state index contributed by atoms with van der Waals surface area (Å²) in [6.07, 6.45) is 0.833. The van der Waals surface area contributed by atoms with E-state index in [-0.39, 0.29) is 5.91 Å². The van der Waals surface area contributed by atoms with Gasteiger partial charge in [0.05, 0.1) is 17.1 Å². The lowest BCUT2D eigenvalue weighted by atomic mass is 10.2. The minimum Gasteiger partial charge on any atom is -0.306 e. The standard InChI is InChI=1S/C20H20N4OS2/c1-3-18-21-22-20(23(18)4-2)26-13-19(25)24-14-9-5-7-11-16(14)27-17-12-8-6-10-15(17)24/h5-12H,3-4,13H2,1-2H3. The first kappa shape index (κ1) is 18.1. The Morgan fingerprint density at radius 3 is 2.22 bits per heavy atom. The Hall–Kier alpha value is -2.25. The number of carbonyl (C=O) groups excluding carboxylic acids is 1. The van der Waals surface area contributed by atoms with Crippen molar-refractivity contribution in [3.8, 4) is 0 Å². The molecule has 0 atom stereocenters. The predicted octanol–water partition coefficient (Wildman–Crippen LogP) is 4.78. The largest absolute Gasteiger partial charge is 0.306 e. The monoisotopic (exact) mass is 396 g/mol. The van der Waals surface area contributed by atoms with E-state index in [0.717, 1.165) is 45.1 Å². The molecule has 27 heavy (non-hydrogen) atoms. The van der Waals surface area contributed by atoms with E-state index in [4.69, 9.17) is 0 Å². The zero-order valence-electron chi connectivity index (χ0n) is 15.3. The van der Waals surface area contributed by atoms with Gasteiger partial charge in [0.2, 0.25) is 5.91 Å². The third kappa shape index (κ3) is 3.37. The number of fused-ring (bicyclic) bond motifs is 2. The van der Waals surface area contributed by atoms with E-state index in [1.54, 1.807) is 11.8 Å². The van der Waals surface area contributed by atoms with Crippen molar-refractivity contribution >= 4 is 40.8 Å². The van der Waals surface area contributed by atoms with Crippen LogP contribution in [0.3, 0.4) is 0 Å². The lowest BCUT2D eigenvalue weighted by Crippen LogP contribution is -2.30. The highest BCUT2D eigenvalue weighted by molar-refractivity contribution is 8.00. The van der Waals surface area contributed by atoms with Crippen LogP contribution in [0.5, 0.6) is 0 Å². The van der Waals surface area contributed by atoms with Crippen molar-refractivity contribution in [2.24, 2.45) is 0 Å². The minimum atomic E-state index is 0.0453. The first-order chi connectivity index (χ1) is 13.2. The number of hydrogen-bond acceptors (Lipinski definition) is 5. The second-order valence-electron chi connectivity index (χ2n) is 6.05. The Kier molecular flexibility index (Phi) is 5.22. The van der Waals surface area contributed by atoms with Crippen molar-refractivity contribution in [2.75, 3.05) is 10.7 Å². The molecule has 0 aliphatic carbocycles. The Morgan fingerprint density at radius 2 is 1.63 bits per heavy atom. The summed E-state index contributed by atoms with van der Waals surface area (Å²) in [5, 5.41) is 9.30. The highest BCUT2D eigenvalue weighted by Crippen LogP contribution is 2.48. The highest BCUT2D eigenvalue weighted by Gasteiger charge is 2.28. The van der Waals surface area contributed by atoms with Crippen molar-refractivity contribution in [3.63, 3.8) is 0 Å². The molecule has 0 N–H and O–H groups in total. The number of rotatable bonds is 5. The molecule has 1 amide bonds. The second-order valence-corrected chi connectivity index (χ2v) is 8.08. The number of amides is 1. The number of benzene rings is 2. The molecule has 0 saturated carbocycles. The molecule has 0 spiro atoms. The number of aromatic nitrogens is 3. The normalized spacial score (nSPS) is 12.6. The quantitative estimate of drug-likeness (QED) is 0.581. The van der Waals surface area contributed by atoms with Gasteiger partial charge in [-0.3, -0.25) is 9.69 Å². The summed E-state index contributed by atoms with van der Waals surface area (Å²) in [6.45, 7) is 4.94. The van der Waals surface area contributed by atoms with Gasteiger partial charge in [0.25, 0.3) is 0 Å². The van der Waals surface area contributed by atoms with Crippen LogP contribution in [-0.4, -0.2) is 26.4 Å². The number of hydrogen-bond donors (Lipinski definition) is 0. The highest BCUT2D eigenvalue weighted by atomic mass is 32.2. The summed E-state index contributed by atoms with van der Waals surface area (Å²) >= 11 is 3.15. The zero-order chi connectivity index (χ0) is 18.8. The van der Waals surface area contributed by atoms with E-state index in [1.807, 2.05) is 41.3 Å². The van der Waals surface area contributed by atoms with Crippen molar-refractivity contribution < 1.29 is 4.79 Å². The molecular formula is C20H20N4OS2. The Balaban J connectivity index is 1.62. The molecule has 2 heterocycles. The molecule has 0 unspecified atom stereocenters. The van der Waals surface area contributed by atoms with Crippen molar-refractivity contribution in [2.45, 2.75) is 41.8 Å². The third-order valence-electron chi connectivity index (χ3n) is 4.43. The Morgan fingerprint density at radius 1 is 1.00 bits per heavy atom. The Labute approximate surface area is 167 Å². The van der Waals surface area contributed by atoms with Gasteiger partial charge in [-0.25, -0.2) is 0 Å². The van der Waals surface area contributed by atoms with Crippen molar-refractivity contribution in [1.29, 1.82) is 0 Å². The maximum Gasteiger partial charge on any atom is 0.242 e. The fourth-order valence-corrected chi connectivity index (χ4v) is 5.10. The van der Waals surface area contributed by atoms with Gasteiger partial charge in [-0.15, -0.1) is 10.2 Å². The lowest BCUT2D eigenvalue weighted by molar-refractivity contribution is -0.115. The van der Waals surface area contributed by atoms with Crippen LogP contribution in [-0.2, 0) is 17.8 Å². The molecule has 3 aromatic rings. The number of aryl methyl sites for hydroxylation is 1. The number of para-hydroxylation sites is 2. The van der Waals surface area contributed by atoms with Gasteiger partial charge in [-0.05, 0) is 31.2 Å². The summed E-state index contributed by atoms with van der Waals surface area (Å²) in [7, 11) is 0. The molecule has 0 bridgehead atoms. The molecule has 1 aliphatic rings. The van der Waals surface area contributed by atoms with Crippen molar-refractivity contribution in [3.05, 3.63) is 54.4 Å². The number of anilines is 2. The third-order valence-corrected chi connectivity index (χ3v) is 6.51. The van der Waals surface area contributed by atoms with Gasteiger partial charge in [-0.1, -0.05) is 54.7 Å². The van der Waals surface area contributed by atoms with Crippen LogP contribution in [0.4, 0.5) is 11.4 Å². The number of nitrogens with zero attached hydrogens (tertiary/aromatic N) is 4. The molecule has 0 fully saturated rings. The van der Waals surface area contributed by atoms with Gasteiger partial charge < -0.3 is 4.57 Å². The molecule has 4 rings (SSSR count). The van der Waals surface area contributed by atoms with Gasteiger partial charge in [0.15, 0.2) is 5.16 Å². The molecule has 0 saturated heterocycles. The fraction of sp³-hybridized carbons (Fsp3) is 0.250. The first-order valence-corrected chi connectivity index (χ1v) is 10.8. The summed E-state index contributed by atoms with van der Waals surface area (Å²) in [5.41, 5.74) is 1.89. The topological polar surface area (TPSA) is 51.0 Å². The average molecular weight is 397 g/mol. The minimum absolute atomic E-state index is 0.0453. The molecule has 138 valence electrons. The molecule has 7 heteroatoms. The van der Waals surface area contributed by atoms with Crippen LogP contribution in [0.1, 0.15) is 19.7 Å². The molecule has 1 aliphatic heterocycles. The summed E-state index contributed by atoms with van der Waals surface area (Å²) in [5.74, 6) is 1.32. The van der Waals surface area contributed by atoms with Gasteiger partial charge in [0, 0.05) is 22.8 Å². The van der Waals surface area contributed by atoms with Crippen LogP contribution >= 0.6 is 23.5 Å². The molecule has 1 aromatic heterocycles. The maximum atomic E-state index is 13.2. The van der Waals surface area contributed by atoms with Crippen LogP contribution in [0.25, 0.3) is 0 Å². The summed E-state index contributed by atoms with van der Waals surface area (Å²) < 4.78 is 2.08. The van der Waals surface area contributed by atoms with Crippen LogP contribution in [0.2, 0.25) is 0 Å². The number of thioether (sulfide) groups is 1. The second kappa shape index (κ2) is 7.78. The average Bonchev–Trinajstić information content (AvgIpc) is 3.12. The first-order valence-electron chi connectivity index (χ1n) is 8.96. The SMILES string of the molecule is CCc1nnc(SCC(=O)N2c3ccccc3Sc3ccccc32)n1CC. The summed E-state index contributed by atoms with van der Waals surface area (Å²) in [6, 6.07) is 16.1. The van der Waals surface area contributed by atoms with E-state index < -0.39 is 0 Å². The number of carbonyl (C=O) groups is 1. The summed E-state index contributed by atoms with van der Waals surface area (Å²) in [4.78, 5) is 17.2. The molecule has 0 radical (unpaired) electrons. The predicted molar refractivity (Wildman–Crippen MR) is 110 cm³/mol. The van der Waals surface area contributed by atoms with Gasteiger partial charge >= 0.3 is 0 Å². The van der Waals surface area contributed by atoms with Gasteiger partial charge in [0.1, 0.15) is 5.82 Å². The molecule has 2 aromatic carbocycles. The Bertz CT molecular complexity index is 940. The van der Waals surface area contributed by atoms with Gasteiger partial charge in [-0.2, -0.15) is 0 Å². The molecule has 5 nitrogen and oxygen atoms in total. The van der Waals surface area contributed by atoms with E-state index in [0.29, 0.717) is 5.75 Å². The smallest absolute Gasteiger partial charge is 0.242 e. The fourth-order valence-electron chi connectivity index (χ4n) is 3.17. The van der Waals surface area contributed by atoms with Crippen LogP contribution in [0, 0.1) is 0 Å². The van der Waals surface area contributed by atoms with E-state index in [1.165, 1.54) is 11.8 Å². The maximum absolute atomic E-state index is 13.2. The molecular weight excluding hydrogens is 376 g/mol. The zero-order valence-corrected chi connectivity index (χ0v) is 16.9. The van der Waals surface area contributed by atoms with Crippen molar-refractivity contribution in [1.82, 2.24) is 14.8 Å². The van der Waals surface area contributed by atoms with E-state index >= 15 is 0 Å². The lowest BCUT2D eigenvalue weighted by Gasteiger charge is -2.30. The van der Waals surface area contributed by atoms with E-state index in [9.17, 15) is 4.79 Å². The van der Waals surface area contributed by atoms with E-state index in [2.05, 4.69) is 40.7 Å². The van der Waals surface area contributed by atoms with Crippen LogP contribution < -0.4 is 4.90 Å².